The molecule has 0 radical (unpaired) electrons. The molecule has 0 fully saturated rings. The van der Waals surface area contributed by atoms with Crippen LogP contribution in [-0.2, 0) is 4.84 Å². The Balaban J connectivity index is 2.72. The Morgan fingerprint density at radius 2 is 2.25 bits per heavy atom. The quantitative estimate of drug-likeness (QED) is 0.249. The zero-order valence-corrected chi connectivity index (χ0v) is 4.79. The zero-order valence-electron chi connectivity index (χ0n) is 4.79. The number of rotatable bonds is 4. The van der Waals surface area contributed by atoms with E-state index < -0.39 is 6.29 Å². The van der Waals surface area contributed by atoms with Gasteiger partial charge < -0.3 is 10.2 Å². The van der Waals surface area contributed by atoms with Crippen molar-refractivity contribution in [2.75, 3.05) is 13.2 Å². The largest absolute Gasteiger partial charge is 0.366 e. The topological polar surface area (TPSA) is 61.7 Å². The molecular weight excluding hydrogens is 110 g/mol. The summed E-state index contributed by atoms with van der Waals surface area (Å²) < 4.78 is 0. The second-order valence-corrected chi connectivity index (χ2v) is 1.29. The van der Waals surface area contributed by atoms with Gasteiger partial charge in [-0.2, -0.15) is 0 Å². The average Bonchev–Trinajstić information content (AvgIpc) is 1.66. The first-order chi connectivity index (χ1) is 3.77. The van der Waals surface area contributed by atoms with Gasteiger partial charge in [0.15, 0.2) is 6.29 Å². The van der Waals surface area contributed by atoms with Gasteiger partial charge in [-0.05, 0) is 0 Å². The monoisotopic (exact) mass is 121 g/mol. The minimum absolute atomic E-state index is 0.0894. The summed E-state index contributed by atoms with van der Waals surface area (Å²) in [5.74, 6) is 0. The van der Waals surface area contributed by atoms with E-state index in [1.54, 1.807) is 0 Å². The lowest BCUT2D eigenvalue weighted by Gasteiger charge is -2.02. The summed E-state index contributed by atoms with van der Waals surface area (Å²) in [6.45, 7) is 2.42. The molecule has 0 unspecified atom stereocenters. The van der Waals surface area contributed by atoms with Crippen molar-refractivity contribution in [3.05, 3.63) is 0 Å². The maximum Gasteiger partial charge on any atom is 0.177 e. The van der Waals surface area contributed by atoms with E-state index in [0.717, 1.165) is 0 Å². The van der Waals surface area contributed by atoms with Crippen molar-refractivity contribution in [1.29, 1.82) is 0 Å². The molecule has 0 aliphatic heterocycles. The number of hydrogen-bond acceptors (Lipinski definition) is 4. The fourth-order valence-electron chi connectivity index (χ4n) is 0.236. The first-order valence-electron chi connectivity index (χ1n) is 2.48. The van der Waals surface area contributed by atoms with Gasteiger partial charge in [0.2, 0.25) is 0 Å². The van der Waals surface area contributed by atoms with Crippen molar-refractivity contribution in [2.24, 2.45) is 0 Å². The second-order valence-electron chi connectivity index (χ2n) is 1.29. The van der Waals surface area contributed by atoms with Crippen LogP contribution in [0.2, 0.25) is 0 Å². The van der Waals surface area contributed by atoms with Gasteiger partial charge >= 0.3 is 0 Å². The molecule has 50 valence electrons. The highest BCUT2D eigenvalue weighted by Crippen LogP contribution is 1.72. The van der Waals surface area contributed by atoms with E-state index in [1.165, 1.54) is 0 Å². The molecule has 4 nitrogen and oxygen atoms in total. The molecule has 0 aromatic carbocycles. The maximum absolute atomic E-state index is 8.17. The van der Waals surface area contributed by atoms with Gasteiger partial charge in [-0.3, -0.25) is 4.84 Å². The van der Waals surface area contributed by atoms with Crippen LogP contribution in [0.15, 0.2) is 0 Å². The highest BCUT2D eigenvalue weighted by molar-refractivity contribution is 4.26. The Morgan fingerprint density at radius 1 is 1.62 bits per heavy atom. The lowest BCUT2D eigenvalue weighted by Crippen LogP contribution is -2.22. The molecule has 0 rings (SSSR count). The molecule has 0 saturated heterocycles. The minimum atomic E-state index is -1.38. The summed E-state index contributed by atoms with van der Waals surface area (Å²) in [7, 11) is 0. The van der Waals surface area contributed by atoms with Crippen molar-refractivity contribution in [2.45, 2.75) is 13.2 Å². The molecule has 0 amide bonds. The fourth-order valence-corrected chi connectivity index (χ4v) is 0.236. The molecule has 3 N–H and O–H groups in total. The van der Waals surface area contributed by atoms with Crippen molar-refractivity contribution in [3.8, 4) is 0 Å². The predicted octanol–water partition coefficient (Wildman–Crippen LogP) is -1.16. The average molecular weight is 121 g/mol. The van der Waals surface area contributed by atoms with E-state index in [4.69, 9.17) is 10.2 Å². The van der Waals surface area contributed by atoms with Crippen molar-refractivity contribution < 1.29 is 15.1 Å². The summed E-state index contributed by atoms with van der Waals surface area (Å²) in [6, 6.07) is 0. The zero-order chi connectivity index (χ0) is 6.41. The van der Waals surface area contributed by atoms with Crippen LogP contribution in [0.5, 0.6) is 0 Å². The molecule has 0 aliphatic carbocycles. The van der Waals surface area contributed by atoms with E-state index in [2.05, 4.69) is 10.3 Å². The lowest BCUT2D eigenvalue weighted by molar-refractivity contribution is -0.116. The van der Waals surface area contributed by atoms with Gasteiger partial charge in [0.1, 0.15) is 6.61 Å². The summed E-state index contributed by atoms with van der Waals surface area (Å²) in [5.41, 5.74) is 2.46. The van der Waals surface area contributed by atoms with Crippen LogP contribution in [-0.4, -0.2) is 29.7 Å². The number of aliphatic hydroxyl groups is 2. The van der Waals surface area contributed by atoms with E-state index in [0.29, 0.717) is 6.54 Å². The smallest absolute Gasteiger partial charge is 0.177 e. The van der Waals surface area contributed by atoms with Crippen LogP contribution < -0.4 is 5.48 Å². The molecular formula is C4H11NO3. The summed E-state index contributed by atoms with van der Waals surface area (Å²) in [4.78, 5) is 4.49. The Labute approximate surface area is 48.0 Å². The molecule has 0 bridgehead atoms. The molecule has 0 aromatic heterocycles. The van der Waals surface area contributed by atoms with Gasteiger partial charge in [0.05, 0.1) is 0 Å². The minimum Gasteiger partial charge on any atom is -0.366 e. The highest BCUT2D eigenvalue weighted by atomic mass is 16.7. The molecule has 0 spiro atoms. The number of aliphatic hydroxyl groups excluding tert-OH is 1. The van der Waals surface area contributed by atoms with Crippen LogP contribution in [0.3, 0.4) is 0 Å². The standard InChI is InChI=1S/C4H11NO3/c1-2-5-8-3-4(6)7/h4-7H,2-3H2,1H3. The third-order valence-electron chi connectivity index (χ3n) is 0.479. The summed E-state index contributed by atoms with van der Waals surface area (Å²) >= 11 is 0. The van der Waals surface area contributed by atoms with Crippen LogP contribution >= 0.6 is 0 Å². The Kier molecular flexibility index (Phi) is 4.89. The third-order valence-corrected chi connectivity index (χ3v) is 0.479. The second kappa shape index (κ2) is 4.99. The number of hydroxylamine groups is 1. The van der Waals surface area contributed by atoms with Crippen molar-refractivity contribution in [1.82, 2.24) is 5.48 Å². The van der Waals surface area contributed by atoms with E-state index in [1.807, 2.05) is 6.92 Å². The SMILES string of the molecule is CCNOCC(O)O. The van der Waals surface area contributed by atoms with Gasteiger partial charge in [-0.25, -0.2) is 5.48 Å². The number of nitrogens with one attached hydrogen (secondary N) is 1. The Bertz CT molecular complexity index is 48.5. The fraction of sp³-hybridized carbons (Fsp3) is 1.00. The van der Waals surface area contributed by atoms with E-state index >= 15 is 0 Å². The maximum atomic E-state index is 8.17. The van der Waals surface area contributed by atoms with E-state index in [9.17, 15) is 0 Å². The van der Waals surface area contributed by atoms with Gasteiger partial charge in [-0.15, -0.1) is 0 Å². The van der Waals surface area contributed by atoms with E-state index in [-0.39, 0.29) is 6.61 Å². The van der Waals surface area contributed by atoms with Crippen LogP contribution in [0, 0.1) is 0 Å². The third kappa shape index (κ3) is 5.84. The number of hydrogen-bond donors (Lipinski definition) is 3. The van der Waals surface area contributed by atoms with Crippen molar-refractivity contribution in [3.63, 3.8) is 0 Å². The molecule has 0 atom stereocenters. The lowest BCUT2D eigenvalue weighted by atomic mass is 10.7. The van der Waals surface area contributed by atoms with Crippen LogP contribution in [0.1, 0.15) is 6.92 Å². The molecule has 0 saturated carbocycles. The first-order valence-corrected chi connectivity index (χ1v) is 2.48. The normalized spacial score (nSPS) is 10.5. The highest BCUT2D eigenvalue weighted by Gasteiger charge is 1.93. The molecule has 0 heterocycles. The van der Waals surface area contributed by atoms with Crippen LogP contribution in [0.25, 0.3) is 0 Å². The Morgan fingerprint density at radius 3 is 2.62 bits per heavy atom. The predicted molar refractivity (Wildman–Crippen MR) is 27.9 cm³/mol. The van der Waals surface area contributed by atoms with Crippen LogP contribution in [0.4, 0.5) is 0 Å². The van der Waals surface area contributed by atoms with Gasteiger partial charge in [0, 0.05) is 6.54 Å². The first kappa shape index (κ1) is 7.84. The van der Waals surface area contributed by atoms with Crippen molar-refractivity contribution >= 4 is 0 Å². The molecule has 0 aromatic rings. The summed E-state index contributed by atoms with van der Waals surface area (Å²) in [5, 5.41) is 16.3. The molecule has 4 heteroatoms. The van der Waals surface area contributed by atoms with Gasteiger partial charge in [0.25, 0.3) is 0 Å². The molecule has 0 aliphatic rings. The Hall–Kier alpha value is -0.160. The molecule has 8 heavy (non-hydrogen) atoms. The summed E-state index contributed by atoms with van der Waals surface area (Å²) in [6.07, 6.45) is -1.38. The van der Waals surface area contributed by atoms with Gasteiger partial charge in [-0.1, -0.05) is 6.92 Å².